The molecule has 1 aromatic rings. The molecule has 0 bridgehead atoms. The maximum atomic E-state index is 9.06. The third-order valence-corrected chi connectivity index (χ3v) is 3.47. The summed E-state index contributed by atoms with van der Waals surface area (Å²) in [5.74, 6) is 0. The van der Waals surface area contributed by atoms with Gasteiger partial charge < -0.3 is 15.3 Å². The zero-order valence-electron chi connectivity index (χ0n) is 12.7. The SMILES string of the molecule is CC(C)NCC(C)(CN(C)CCO)c1ccccc1. The van der Waals surface area contributed by atoms with Crippen molar-refractivity contribution in [1.29, 1.82) is 0 Å². The first-order valence-corrected chi connectivity index (χ1v) is 7.06. The Bertz CT molecular complexity index is 353. The maximum absolute atomic E-state index is 9.06. The molecule has 0 heterocycles. The van der Waals surface area contributed by atoms with Crippen LogP contribution in [0.5, 0.6) is 0 Å². The minimum atomic E-state index is 0.0510. The minimum absolute atomic E-state index is 0.0510. The Labute approximate surface area is 117 Å². The van der Waals surface area contributed by atoms with E-state index in [2.05, 4.69) is 68.4 Å². The molecule has 0 saturated heterocycles. The van der Waals surface area contributed by atoms with Crippen LogP contribution in [0.4, 0.5) is 0 Å². The Morgan fingerprint density at radius 2 is 1.89 bits per heavy atom. The molecular weight excluding hydrogens is 236 g/mol. The van der Waals surface area contributed by atoms with Crippen molar-refractivity contribution in [2.75, 3.05) is 33.3 Å². The average Bonchev–Trinajstić information content (AvgIpc) is 2.38. The Morgan fingerprint density at radius 1 is 1.26 bits per heavy atom. The first-order chi connectivity index (χ1) is 8.98. The van der Waals surface area contributed by atoms with Gasteiger partial charge in [-0.3, -0.25) is 0 Å². The summed E-state index contributed by atoms with van der Waals surface area (Å²) in [4.78, 5) is 2.19. The van der Waals surface area contributed by atoms with Crippen molar-refractivity contribution in [3.05, 3.63) is 35.9 Å². The number of hydrogen-bond acceptors (Lipinski definition) is 3. The van der Waals surface area contributed by atoms with Gasteiger partial charge in [-0.1, -0.05) is 51.1 Å². The lowest BCUT2D eigenvalue weighted by Crippen LogP contribution is -2.46. The highest BCUT2D eigenvalue weighted by Crippen LogP contribution is 2.24. The summed E-state index contributed by atoms with van der Waals surface area (Å²) in [5.41, 5.74) is 1.39. The molecule has 3 nitrogen and oxygen atoms in total. The molecule has 1 aromatic carbocycles. The van der Waals surface area contributed by atoms with Crippen molar-refractivity contribution in [3.63, 3.8) is 0 Å². The van der Waals surface area contributed by atoms with E-state index in [1.165, 1.54) is 5.56 Å². The molecule has 0 spiro atoms. The van der Waals surface area contributed by atoms with Gasteiger partial charge in [-0.25, -0.2) is 0 Å². The maximum Gasteiger partial charge on any atom is 0.0558 e. The largest absolute Gasteiger partial charge is 0.395 e. The van der Waals surface area contributed by atoms with Crippen molar-refractivity contribution < 1.29 is 5.11 Å². The standard InChI is InChI=1S/C16H28N2O/c1-14(2)17-12-16(3,13-18(4)10-11-19)15-8-6-5-7-9-15/h5-9,14,17,19H,10-13H2,1-4H3. The third kappa shape index (κ3) is 5.31. The highest BCUT2D eigenvalue weighted by molar-refractivity contribution is 5.25. The average molecular weight is 264 g/mol. The molecule has 1 rings (SSSR count). The number of aliphatic hydroxyl groups is 1. The van der Waals surface area contributed by atoms with Crippen molar-refractivity contribution in [3.8, 4) is 0 Å². The van der Waals surface area contributed by atoms with Crippen LogP contribution in [0, 0.1) is 0 Å². The number of nitrogens with zero attached hydrogens (tertiary/aromatic N) is 1. The van der Waals surface area contributed by atoms with Gasteiger partial charge in [0.25, 0.3) is 0 Å². The van der Waals surface area contributed by atoms with Crippen LogP contribution in [0.3, 0.4) is 0 Å². The Hall–Kier alpha value is -0.900. The number of hydrogen-bond donors (Lipinski definition) is 2. The number of benzene rings is 1. The van der Waals surface area contributed by atoms with Gasteiger partial charge in [0.1, 0.15) is 0 Å². The first kappa shape index (κ1) is 16.2. The van der Waals surface area contributed by atoms with Gasteiger partial charge in [0.05, 0.1) is 6.61 Å². The molecule has 19 heavy (non-hydrogen) atoms. The molecule has 0 amide bonds. The zero-order valence-corrected chi connectivity index (χ0v) is 12.7. The molecule has 2 N–H and O–H groups in total. The molecule has 1 unspecified atom stereocenters. The third-order valence-electron chi connectivity index (χ3n) is 3.47. The fraction of sp³-hybridized carbons (Fsp3) is 0.625. The van der Waals surface area contributed by atoms with Gasteiger partial charge in [0.15, 0.2) is 0 Å². The molecule has 1 atom stereocenters. The summed E-state index contributed by atoms with van der Waals surface area (Å²) in [6.45, 7) is 9.40. The molecule has 0 fully saturated rings. The number of nitrogens with one attached hydrogen (secondary N) is 1. The smallest absolute Gasteiger partial charge is 0.0558 e. The highest BCUT2D eigenvalue weighted by atomic mass is 16.3. The van der Waals surface area contributed by atoms with E-state index in [4.69, 9.17) is 5.11 Å². The number of rotatable bonds is 8. The van der Waals surface area contributed by atoms with E-state index in [-0.39, 0.29) is 12.0 Å². The van der Waals surface area contributed by atoms with Crippen molar-refractivity contribution in [1.82, 2.24) is 10.2 Å². The monoisotopic (exact) mass is 264 g/mol. The summed E-state index contributed by atoms with van der Waals surface area (Å²) in [6, 6.07) is 11.1. The summed E-state index contributed by atoms with van der Waals surface area (Å²) >= 11 is 0. The van der Waals surface area contributed by atoms with Crippen LogP contribution in [0.1, 0.15) is 26.3 Å². The fourth-order valence-electron chi connectivity index (χ4n) is 2.36. The van der Waals surface area contributed by atoms with Crippen LogP contribution < -0.4 is 5.32 Å². The van der Waals surface area contributed by atoms with Gasteiger partial charge in [-0.05, 0) is 12.6 Å². The van der Waals surface area contributed by atoms with E-state index >= 15 is 0 Å². The molecule has 0 aromatic heterocycles. The van der Waals surface area contributed by atoms with Crippen LogP contribution in [0.25, 0.3) is 0 Å². The quantitative estimate of drug-likeness (QED) is 0.752. The van der Waals surface area contributed by atoms with Crippen molar-refractivity contribution in [2.24, 2.45) is 0 Å². The molecular formula is C16H28N2O. The van der Waals surface area contributed by atoms with E-state index in [0.717, 1.165) is 13.1 Å². The molecule has 0 aliphatic rings. The molecule has 108 valence electrons. The normalized spacial score (nSPS) is 14.9. The van der Waals surface area contributed by atoms with E-state index in [1.807, 2.05) is 0 Å². The predicted octanol–water partition coefficient (Wildman–Crippen LogP) is 1.87. The molecule has 0 radical (unpaired) electrons. The summed E-state index contributed by atoms with van der Waals surface area (Å²) in [7, 11) is 2.06. The second-order valence-corrected chi connectivity index (χ2v) is 5.92. The second kappa shape index (κ2) is 7.63. The summed E-state index contributed by atoms with van der Waals surface area (Å²) < 4.78 is 0. The molecule has 0 aliphatic heterocycles. The summed E-state index contributed by atoms with van der Waals surface area (Å²) in [6.07, 6.45) is 0. The van der Waals surface area contributed by atoms with Gasteiger partial charge in [-0.2, -0.15) is 0 Å². The van der Waals surface area contributed by atoms with E-state index in [0.29, 0.717) is 12.6 Å². The van der Waals surface area contributed by atoms with E-state index in [9.17, 15) is 0 Å². The molecule has 0 aliphatic carbocycles. The van der Waals surface area contributed by atoms with Crippen LogP contribution in [0.15, 0.2) is 30.3 Å². The molecule has 3 heteroatoms. The predicted molar refractivity (Wildman–Crippen MR) is 81.5 cm³/mol. The van der Waals surface area contributed by atoms with Crippen LogP contribution in [-0.2, 0) is 5.41 Å². The Balaban J connectivity index is 2.83. The highest BCUT2D eigenvalue weighted by Gasteiger charge is 2.28. The van der Waals surface area contributed by atoms with Crippen molar-refractivity contribution >= 4 is 0 Å². The zero-order chi connectivity index (χ0) is 14.3. The summed E-state index contributed by atoms with van der Waals surface area (Å²) in [5, 5.41) is 12.6. The lowest BCUT2D eigenvalue weighted by atomic mass is 9.81. The lowest BCUT2D eigenvalue weighted by molar-refractivity contribution is 0.190. The molecule has 0 saturated carbocycles. The Kier molecular flexibility index (Phi) is 6.49. The van der Waals surface area contributed by atoms with Gasteiger partial charge in [-0.15, -0.1) is 0 Å². The van der Waals surface area contributed by atoms with E-state index < -0.39 is 0 Å². The number of aliphatic hydroxyl groups excluding tert-OH is 1. The van der Waals surface area contributed by atoms with Crippen LogP contribution >= 0.6 is 0 Å². The topological polar surface area (TPSA) is 35.5 Å². The first-order valence-electron chi connectivity index (χ1n) is 7.06. The number of likely N-dealkylation sites (N-methyl/N-ethyl adjacent to an activating group) is 1. The van der Waals surface area contributed by atoms with E-state index in [1.54, 1.807) is 0 Å². The lowest BCUT2D eigenvalue weighted by Gasteiger charge is -2.35. The van der Waals surface area contributed by atoms with Gasteiger partial charge in [0.2, 0.25) is 0 Å². The fourth-order valence-corrected chi connectivity index (χ4v) is 2.36. The van der Waals surface area contributed by atoms with Crippen LogP contribution in [-0.4, -0.2) is 49.3 Å². The van der Waals surface area contributed by atoms with Gasteiger partial charge in [0, 0.05) is 31.1 Å². The second-order valence-electron chi connectivity index (χ2n) is 5.92. The minimum Gasteiger partial charge on any atom is -0.395 e. The van der Waals surface area contributed by atoms with Gasteiger partial charge >= 0.3 is 0 Å². The van der Waals surface area contributed by atoms with Crippen LogP contribution in [0.2, 0.25) is 0 Å². The Morgan fingerprint density at radius 3 is 2.42 bits per heavy atom. The van der Waals surface area contributed by atoms with Crippen molar-refractivity contribution in [2.45, 2.75) is 32.2 Å².